The maximum Gasteiger partial charge on any atom is 0.249 e. The smallest absolute Gasteiger partial charge is 0.249 e. The zero-order valence-corrected chi connectivity index (χ0v) is 12.1. The fourth-order valence-corrected chi connectivity index (χ4v) is 1.78. The van der Waals surface area contributed by atoms with E-state index in [1.54, 1.807) is 13.2 Å². The summed E-state index contributed by atoms with van der Waals surface area (Å²) < 4.78 is 10.1. The Hall–Kier alpha value is -3.16. The van der Waals surface area contributed by atoms with E-state index < -0.39 is 0 Å². The normalized spacial score (nSPS) is 10.3. The number of methoxy groups -OCH3 is 1. The highest BCUT2D eigenvalue weighted by Gasteiger charge is 2.05. The highest BCUT2D eigenvalue weighted by Crippen LogP contribution is 2.19. The molecule has 0 radical (unpaired) electrons. The van der Waals surface area contributed by atoms with E-state index in [1.165, 1.54) is 6.20 Å². The van der Waals surface area contributed by atoms with E-state index in [1.807, 2.05) is 31.2 Å². The molecule has 8 nitrogen and oxygen atoms in total. The average molecular weight is 298 g/mol. The van der Waals surface area contributed by atoms with Crippen molar-refractivity contribution in [3.05, 3.63) is 42.3 Å². The molecule has 1 aromatic carbocycles. The number of aromatic nitrogens is 4. The molecule has 0 saturated carbocycles. The topological polar surface area (TPSA) is 98.0 Å². The minimum absolute atomic E-state index is 0.371. The second-order valence-electron chi connectivity index (χ2n) is 4.47. The van der Waals surface area contributed by atoms with Crippen molar-refractivity contribution < 1.29 is 9.26 Å². The highest BCUT2D eigenvalue weighted by atomic mass is 16.5. The molecule has 0 spiro atoms. The molecule has 112 valence electrons. The van der Waals surface area contributed by atoms with Crippen LogP contribution in [0.1, 0.15) is 5.76 Å². The van der Waals surface area contributed by atoms with Crippen molar-refractivity contribution in [2.45, 2.75) is 6.92 Å². The first-order valence-corrected chi connectivity index (χ1v) is 6.54. The van der Waals surface area contributed by atoms with Crippen molar-refractivity contribution >= 4 is 23.3 Å². The Labute approximate surface area is 126 Å². The number of ether oxygens (including phenoxy) is 1. The summed E-state index contributed by atoms with van der Waals surface area (Å²) in [6.07, 6.45) is 1.50. The quantitative estimate of drug-likeness (QED) is 0.742. The van der Waals surface area contributed by atoms with Crippen LogP contribution in [0.3, 0.4) is 0 Å². The molecule has 22 heavy (non-hydrogen) atoms. The summed E-state index contributed by atoms with van der Waals surface area (Å²) in [6, 6.07) is 9.18. The predicted molar refractivity (Wildman–Crippen MR) is 80.6 cm³/mol. The molecule has 0 amide bonds. The van der Waals surface area contributed by atoms with E-state index >= 15 is 0 Å². The number of nitrogens with one attached hydrogen (secondary N) is 2. The van der Waals surface area contributed by atoms with Crippen LogP contribution in [-0.4, -0.2) is 27.4 Å². The zero-order chi connectivity index (χ0) is 15.4. The van der Waals surface area contributed by atoms with E-state index in [-0.39, 0.29) is 0 Å². The van der Waals surface area contributed by atoms with Gasteiger partial charge in [0.2, 0.25) is 5.95 Å². The minimum atomic E-state index is 0.371. The van der Waals surface area contributed by atoms with Crippen molar-refractivity contribution in [1.82, 2.24) is 20.3 Å². The summed E-state index contributed by atoms with van der Waals surface area (Å²) >= 11 is 0. The van der Waals surface area contributed by atoms with Crippen LogP contribution in [0, 0.1) is 6.92 Å². The molecule has 3 aromatic rings. The molecule has 2 N–H and O–H groups in total. The van der Waals surface area contributed by atoms with Gasteiger partial charge in [-0.3, -0.25) is 0 Å². The maximum atomic E-state index is 5.11. The predicted octanol–water partition coefficient (Wildman–Crippen LogP) is 2.66. The van der Waals surface area contributed by atoms with Crippen LogP contribution >= 0.6 is 0 Å². The molecule has 2 heterocycles. The summed E-state index contributed by atoms with van der Waals surface area (Å²) in [5, 5.41) is 17.7. The Morgan fingerprint density at radius 2 is 1.91 bits per heavy atom. The lowest BCUT2D eigenvalue weighted by Gasteiger charge is -2.06. The Kier molecular flexibility index (Phi) is 3.82. The van der Waals surface area contributed by atoms with Gasteiger partial charge in [-0.25, -0.2) is 0 Å². The largest absolute Gasteiger partial charge is 0.497 e. The molecule has 0 aliphatic carbocycles. The van der Waals surface area contributed by atoms with Crippen LogP contribution in [-0.2, 0) is 0 Å². The molecule has 3 rings (SSSR count). The first kappa shape index (κ1) is 13.8. The lowest BCUT2D eigenvalue weighted by molar-refractivity contribution is 0.400. The molecule has 0 aliphatic heterocycles. The molecule has 2 aromatic heterocycles. The van der Waals surface area contributed by atoms with Gasteiger partial charge < -0.3 is 19.9 Å². The van der Waals surface area contributed by atoms with Crippen LogP contribution in [0.2, 0.25) is 0 Å². The SMILES string of the molecule is COc1ccc(Nc2nncc(Nc3cc(C)on3)n2)cc1. The second kappa shape index (κ2) is 6.08. The third kappa shape index (κ3) is 3.29. The standard InChI is InChI=1S/C14H14N6O2/c1-9-7-12(20-22-9)17-13-8-15-19-14(18-13)16-10-3-5-11(21-2)6-4-10/h3-8H,1-2H3,(H2,16,17,18,19,20). The molecule has 0 bridgehead atoms. The van der Waals surface area contributed by atoms with Crippen LogP contribution in [0.4, 0.5) is 23.3 Å². The fraction of sp³-hybridized carbons (Fsp3) is 0.143. The number of hydrogen-bond donors (Lipinski definition) is 2. The number of nitrogens with zero attached hydrogens (tertiary/aromatic N) is 4. The number of benzene rings is 1. The summed E-state index contributed by atoms with van der Waals surface area (Å²) in [5.74, 6) is 2.94. The van der Waals surface area contributed by atoms with Crippen LogP contribution in [0.15, 0.2) is 41.1 Å². The third-order valence-corrected chi connectivity index (χ3v) is 2.79. The number of rotatable bonds is 5. The number of aryl methyl sites for hydroxylation is 1. The minimum Gasteiger partial charge on any atom is -0.497 e. The molecule has 0 unspecified atom stereocenters. The average Bonchev–Trinajstić information content (AvgIpc) is 2.93. The monoisotopic (exact) mass is 298 g/mol. The van der Waals surface area contributed by atoms with Crippen molar-refractivity contribution in [1.29, 1.82) is 0 Å². The van der Waals surface area contributed by atoms with Gasteiger partial charge >= 0.3 is 0 Å². The van der Waals surface area contributed by atoms with Crippen LogP contribution < -0.4 is 15.4 Å². The van der Waals surface area contributed by atoms with E-state index in [0.29, 0.717) is 23.3 Å². The molecular weight excluding hydrogens is 284 g/mol. The van der Waals surface area contributed by atoms with Gasteiger partial charge in [0.15, 0.2) is 11.6 Å². The highest BCUT2D eigenvalue weighted by molar-refractivity contribution is 5.57. The van der Waals surface area contributed by atoms with Crippen molar-refractivity contribution in [2.24, 2.45) is 0 Å². The lowest BCUT2D eigenvalue weighted by Crippen LogP contribution is -2.02. The van der Waals surface area contributed by atoms with Gasteiger partial charge in [-0.05, 0) is 31.2 Å². The fourth-order valence-electron chi connectivity index (χ4n) is 1.78. The molecule has 0 saturated heterocycles. The van der Waals surface area contributed by atoms with Gasteiger partial charge in [0.25, 0.3) is 0 Å². The van der Waals surface area contributed by atoms with Crippen LogP contribution in [0.25, 0.3) is 0 Å². The number of hydrogen-bond acceptors (Lipinski definition) is 8. The summed E-state index contributed by atoms with van der Waals surface area (Å²) in [7, 11) is 1.62. The lowest BCUT2D eigenvalue weighted by atomic mass is 10.3. The van der Waals surface area contributed by atoms with E-state index in [0.717, 1.165) is 11.4 Å². The van der Waals surface area contributed by atoms with E-state index in [2.05, 4.69) is 31.0 Å². The third-order valence-electron chi connectivity index (χ3n) is 2.79. The van der Waals surface area contributed by atoms with Crippen molar-refractivity contribution in [3.63, 3.8) is 0 Å². The first-order chi connectivity index (χ1) is 10.7. The van der Waals surface area contributed by atoms with Gasteiger partial charge in [0.1, 0.15) is 11.5 Å². The number of anilines is 4. The molecule has 8 heteroatoms. The van der Waals surface area contributed by atoms with Gasteiger partial charge in [-0.2, -0.15) is 10.1 Å². The van der Waals surface area contributed by atoms with Gasteiger partial charge in [-0.1, -0.05) is 5.16 Å². The Morgan fingerprint density at radius 1 is 1.09 bits per heavy atom. The van der Waals surface area contributed by atoms with Crippen molar-refractivity contribution in [3.8, 4) is 5.75 Å². The summed E-state index contributed by atoms with van der Waals surface area (Å²) in [4.78, 5) is 4.31. The van der Waals surface area contributed by atoms with Gasteiger partial charge in [0.05, 0.1) is 13.3 Å². The van der Waals surface area contributed by atoms with Gasteiger partial charge in [0, 0.05) is 11.8 Å². The zero-order valence-electron chi connectivity index (χ0n) is 12.1. The Morgan fingerprint density at radius 3 is 2.59 bits per heavy atom. The van der Waals surface area contributed by atoms with Crippen LogP contribution in [0.5, 0.6) is 5.75 Å². The molecule has 0 atom stereocenters. The summed E-state index contributed by atoms with van der Waals surface area (Å²) in [5.41, 5.74) is 0.831. The Balaban J connectivity index is 1.72. The molecule has 0 aliphatic rings. The Bertz CT molecular complexity index is 756. The second-order valence-corrected chi connectivity index (χ2v) is 4.47. The van der Waals surface area contributed by atoms with Crippen molar-refractivity contribution in [2.75, 3.05) is 17.7 Å². The van der Waals surface area contributed by atoms with E-state index in [9.17, 15) is 0 Å². The first-order valence-electron chi connectivity index (χ1n) is 6.54. The molecular formula is C14H14N6O2. The maximum absolute atomic E-state index is 5.11. The summed E-state index contributed by atoms with van der Waals surface area (Å²) in [6.45, 7) is 1.81. The van der Waals surface area contributed by atoms with E-state index in [4.69, 9.17) is 9.26 Å². The molecule has 0 fully saturated rings. The van der Waals surface area contributed by atoms with Gasteiger partial charge in [-0.15, -0.1) is 5.10 Å².